The summed E-state index contributed by atoms with van der Waals surface area (Å²) in [4.78, 5) is 24.6. The van der Waals surface area contributed by atoms with Crippen LogP contribution in [-0.4, -0.2) is 47.5 Å². The highest BCUT2D eigenvalue weighted by Gasteiger charge is 2.32. The summed E-state index contributed by atoms with van der Waals surface area (Å²) in [7, 11) is -0.804. The number of benzene rings is 2. The van der Waals surface area contributed by atoms with Gasteiger partial charge in [-0.2, -0.15) is 0 Å². The monoisotopic (exact) mass is 486 g/mol. The summed E-state index contributed by atoms with van der Waals surface area (Å²) in [6.45, 7) is -0.127. The third-order valence-electron chi connectivity index (χ3n) is 5.11. The SMILES string of the molecule is COc1ccc(CCNC(=O)C(=O)NC[C@@H](c2ccco2)S(=O)(=O)c2ccccc2)cc1OC. The standard InChI is InChI=1S/C24H26N2O7S/c1-31-19-11-10-17(15-21(19)32-2)12-13-25-23(27)24(28)26-16-22(20-9-6-14-33-20)34(29,30)18-7-4-3-5-8-18/h3-11,14-15,22H,12-13,16H2,1-2H3,(H,25,27)(H,26,28)/t22-/m0/s1. The number of methoxy groups -OCH3 is 2. The second-order valence-electron chi connectivity index (χ2n) is 7.27. The molecule has 0 saturated heterocycles. The van der Waals surface area contributed by atoms with Gasteiger partial charge in [0.15, 0.2) is 21.3 Å². The van der Waals surface area contributed by atoms with E-state index in [1.54, 1.807) is 36.4 Å². The van der Waals surface area contributed by atoms with Crippen LogP contribution in [0, 0.1) is 0 Å². The van der Waals surface area contributed by atoms with Crippen LogP contribution in [-0.2, 0) is 25.8 Å². The first kappa shape index (κ1) is 24.8. The van der Waals surface area contributed by atoms with Crippen LogP contribution >= 0.6 is 0 Å². The molecule has 1 atom stereocenters. The van der Waals surface area contributed by atoms with Crippen molar-refractivity contribution < 1.29 is 31.9 Å². The van der Waals surface area contributed by atoms with Crippen LogP contribution in [0.15, 0.2) is 76.2 Å². The van der Waals surface area contributed by atoms with Crippen LogP contribution in [0.5, 0.6) is 11.5 Å². The highest BCUT2D eigenvalue weighted by Crippen LogP contribution is 2.29. The van der Waals surface area contributed by atoms with E-state index in [0.29, 0.717) is 17.9 Å². The Balaban J connectivity index is 1.59. The summed E-state index contributed by atoms with van der Waals surface area (Å²) < 4.78 is 42.0. The van der Waals surface area contributed by atoms with Crippen molar-refractivity contribution in [2.24, 2.45) is 0 Å². The lowest BCUT2D eigenvalue weighted by Crippen LogP contribution is -2.42. The molecular formula is C24H26N2O7S. The number of carbonyl (C=O) groups is 2. The van der Waals surface area contributed by atoms with Gasteiger partial charge in [0.1, 0.15) is 11.0 Å². The van der Waals surface area contributed by atoms with Crippen molar-refractivity contribution in [3.8, 4) is 11.5 Å². The maximum atomic E-state index is 13.1. The van der Waals surface area contributed by atoms with Crippen molar-refractivity contribution in [2.45, 2.75) is 16.6 Å². The van der Waals surface area contributed by atoms with Gasteiger partial charge in [0.05, 0.1) is 25.4 Å². The summed E-state index contributed by atoms with van der Waals surface area (Å²) >= 11 is 0. The molecule has 0 radical (unpaired) electrons. The fourth-order valence-electron chi connectivity index (χ4n) is 3.31. The van der Waals surface area contributed by atoms with Crippen LogP contribution in [0.2, 0.25) is 0 Å². The van der Waals surface area contributed by atoms with Gasteiger partial charge in [-0.15, -0.1) is 0 Å². The van der Waals surface area contributed by atoms with Gasteiger partial charge >= 0.3 is 11.8 Å². The summed E-state index contributed by atoms with van der Waals surface area (Å²) in [5.41, 5.74) is 0.880. The largest absolute Gasteiger partial charge is 0.493 e. The summed E-state index contributed by atoms with van der Waals surface area (Å²) in [6.07, 6.45) is 1.81. The van der Waals surface area contributed by atoms with Crippen LogP contribution < -0.4 is 20.1 Å². The number of rotatable bonds is 10. The number of sulfone groups is 1. The first-order chi connectivity index (χ1) is 16.4. The third-order valence-corrected chi connectivity index (χ3v) is 7.19. The molecule has 2 N–H and O–H groups in total. The first-order valence-corrected chi connectivity index (χ1v) is 12.0. The second kappa shape index (κ2) is 11.4. The quantitative estimate of drug-likeness (QED) is 0.421. The molecule has 0 aliphatic carbocycles. The van der Waals surface area contributed by atoms with E-state index in [4.69, 9.17) is 13.9 Å². The molecule has 2 aromatic carbocycles. The fourth-order valence-corrected chi connectivity index (χ4v) is 4.92. The lowest BCUT2D eigenvalue weighted by atomic mass is 10.1. The smallest absolute Gasteiger partial charge is 0.309 e. The Bertz CT molecular complexity index is 1210. The third kappa shape index (κ3) is 5.96. The minimum absolute atomic E-state index is 0.0880. The normalized spacial score (nSPS) is 11.9. The molecule has 1 aromatic heterocycles. The number of hydrogen-bond acceptors (Lipinski definition) is 7. The van der Waals surface area contributed by atoms with Gasteiger partial charge in [0, 0.05) is 13.1 Å². The van der Waals surface area contributed by atoms with Gasteiger partial charge in [0.25, 0.3) is 0 Å². The molecule has 34 heavy (non-hydrogen) atoms. The average Bonchev–Trinajstić information content (AvgIpc) is 3.38. The van der Waals surface area contributed by atoms with Gasteiger partial charge in [0.2, 0.25) is 0 Å². The van der Waals surface area contributed by atoms with Crippen molar-refractivity contribution in [1.82, 2.24) is 10.6 Å². The minimum Gasteiger partial charge on any atom is -0.493 e. The topological polar surface area (TPSA) is 124 Å². The van der Waals surface area contributed by atoms with Gasteiger partial charge in [-0.25, -0.2) is 8.42 Å². The molecule has 0 bridgehead atoms. The predicted molar refractivity (Wildman–Crippen MR) is 124 cm³/mol. The molecule has 0 fully saturated rings. The molecule has 0 aliphatic heterocycles. The number of furan rings is 1. The summed E-state index contributed by atoms with van der Waals surface area (Å²) in [5.74, 6) is -0.486. The molecule has 1 heterocycles. The minimum atomic E-state index is -3.87. The number of hydrogen-bond donors (Lipinski definition) is 2. The van der Waals surface area contributed by atoms with E-state index >= 15 is 0 Å². The van der Waals surface area contributed by atoms with E-state index in [1.165, 1.54) is 38.7 Å². The molecule has 0 spiro atoms. The van der Waals surface area contributed by atoms with E-state index < -0.39 is 26.9 Å². The van der Waals surface area contributed by atoms with Gasteiger partial charge in [-0.3, -0.25) is 9.59 Å². The van der Waals surface area contributed by atoms with E-state index in [2.05, 4.69) is 10.6 Å². The van der Waals surface area contributed by atoms with Crippen LogP contribution in [0.1, 0.15) is 16.6 Å². The molecule has 0 aliphatic rings. The Labute approximate surface area is 198 Å². The molecule has 3 rings (SSSR count). The first-order valence-electron chi connectivity index (χ1n) is 10.5. The average molecular weight is 487 g/mol. The lowest BCUT2D eigenvalue weighted by Gasteiger charge is -2.16. The molecule has 3 aromatic rings. The number of carbonyl (C=O) groups excluding carboxylic acids is 2. The molecule has 2 amide bonds. The number of nitrogens with one attached hydrogen (secondary N) is 2. The zero-order chi connectivity index (χ0) is 24.6. The number of ether oxygens (including phenoxy) is 2. The van der Waals surface area contributed by atoms with Crippen molar-refractivity contribution >= 4 is 21.7 Å². The summed E-state index contributed by atoms with van der Waals surface area (Å²) in [6, 6.07) is 16.3. The molecule has 0 unspecified atom stereocenters. The fraction of sp³-hybridized carbons (Fsp3) is 0.250. The number of amides is 2. The van der Waals surface area contributed by atoms with E-state index in [9.17, 15) is 18.0 Å². The van der Waals surface area contributed by atoms with E-state index in [-0.39, 0.29) is 23.7 Å². The predicted octanol–water partition coefficient (Wildman–Crippen LogP) is 2.29. The van der Waals surface area contributed by atoms with E-state index in [0.717, 1.165) is 5.56 Å². The highest BCUT2D eigenvalue weighted by atomic mass is 32.2. The van der Waals surface area contributed by atoms with Gasteiger partial charge in [-0.05, 0) is 48.4 Å². The molecule has 9 nitrogen and oxygen atoms in total. The molecule has 180 valence electrons. The highest BCUT2D eigenvalue weighted by molar-refractivity contribution is 7.91. The maximum Gasteiger partial charge on any atom is 0.309 e. The van der Waals surface area contributed by atoms with Crippen LogP contribution in [0.3, 0.4) is 0 Å². The van der Waals surface area contributed by atoms with Gasteiger partial charge < -0.3 is 24.5 Å². The zero-order valence-electron chi connectivity index (χ0n) is 18.8. The Morgan fingerprint density at radius 3 is 2.26 bits per heavy atom. The molecular weight excluding hydrogens is 460 g/mol. The lowest BCUT2D eigenvalue weighted by molar-refractivity contribution is -0.139. The van der Waals surface area contributed by atoms with E-state index in [1.807, 2.05) is 6.07 Å². The molecule has 10 heteroatoms. The van der Waals surface area contributed by atoms with Crippen LogP contribution in [0.25, 0.3) is 0 Å². The Kier molecular flexibility index (Phi) is 8.31. The van der Waals surface area contributed by atoms with Crippen molar-refractivity contribution in [3.63, 3.8) is 0 Å². The van der Waals surface area contributed by atoms with Crippen molar-refractivity contribution in [1.29, 1.82) is 0 Å². The maximum absolute atomic E-state index is 13.1. The Morgan fingerprint density at radius 2 is 1.62 bits per heavy atom. The van der Waals surface area contributed by atoms with Crippen molar-refractivity contribution in [2.75, 3.05) is 27.3 Å². The summed E-state index contributed by atoms with van der Waals surface area (Å²) in [5, 5.41) is 3.75. The molecule has 0 saturated carbocycles. The van der Waals surface area contributed by atoms with Gasteiger partial charge in [-0.1, -0.05) is 24.3 Å². The Hall–Kier alpha value is -3.79. The van der Waals surface area contributed by atoms with Crippen LogP contribution in [0.4, 0.5) is 0 Å². The Morgan fingerprint density at radius 1 is 0.912 bits per heavy atom. The zero-order valence-corrected chi connectivity index (χ0v) is 19.6. The second-order valence-corrected chi connectivity index (χ2v) is 9.40. The van der Waals surface area contributed by atoms with Crippen molar-refractivity contribution in [3.05, 3.63) is 78.3 Å².